The average Bonchev–Trinajstić information content (AvgIpc) is 2.85. The van der Waals surface area contributed by atoms with E-state index in [4.69, 9.17) is 5.11 Å². The molecule has 1 aliphatic rings. The predicted molar refractivity (Wildman–Crippen MR) is 153 cm³/mol. The summed E-state index contributed by atoms with van der Waals surface area (Å²) in [5.41, 5.74) is 7.96. The molecule has 2 unspecified atom stereocenters. The van der Waals surface area contributed by atoms with E-state index in [1.54, 1.807) is 36.4 Å². The number of hydrogen-bond donors (Lipinski definition) is 1. The molecule has 0 radical (unpaired) electrons. The number of allylic oxidation sites excluding steroid dienone is 1. The highest BCUT2D eigenvalue weighted by Gasteiger charge is 2.39. The van der Waals surface area contributed by atoms with Gasteiger partial charge in [-0.1, -0.05) is 90.9 Å². The van der Waals surface area contributed by atoms with Gasteiger partial charge in [0.2, 0.25) is 0 Å². The van der Waals surface area contributed by atoms with Crippen molar-refractivity contribution in [3.05, 3.63) is 100 Å². The van der Waals surface area contributed by atoms with Crippen LogP contribution in [0.15, 0.2) is 66.7 Å². The molecule has 2 atom stereocenters. The molecular weight excluding hydrogens is 456 g/mol. The second-order valence-corrected chi connectivity index (χ2v) is 12.2. The Labute approximate surface area is 221 Å². The summed E-state index contributed by atoms with van der Waals surface area (Å²) in [5, 5.41) is 9.12. The van der Waals surface area contributed by atoms with Gasteiger partial charge in [0.05, 0.1) is 5.56 Å². The molecule has 0 saturated heterocycles. The van der Waals surface area contributed by atoms with Crippen LogP contribution in [0.4, 0.5) is 0 Å². The summed E-state index contributed by atoms with van der Waals surface area (Å²) in [6.45, 7) is 15.9. The van der Waals surface area contributed by atoms with Crippen LogP contribution in [0.25, 0.3) is 17.2 Å². The summed E-state index contributed by atoms with van der Waals surface area (Å²) in [7, 11) is 0. The zero-order valence-electron chi connectivity index (χ0n) is 23.1. The van der Waals surface area contributed by atoms with E-state index in [2.05, 4.69) is 84.9 Å². The van der Waals surface area contributed by atoms with Crippen molar-refractivity contribution in [1.82, 2.24) is 0 Å². The lowest BCUT2D eigenvalue weighted by molar-refractivity contribution is 0.0696. The molecule has 1 aliphatic carbocycles. The molecule has 1 N–H and O–H groups in total. The molecule has 0 aromatic heterocycles. The van der Waals surface area contributed by atoms with E-state index in [9.17, 15) is 9.59 Å². The van der Waals surface area contributed by atoms with Gasteiger partial charge in [0.1, 0.15) is 0 Å². The standard InChI is InChI=1S/C34H38O3/c1-21-18-22(2)34(6,7)31-28(21)19-26(20-29(31)24-13-15-27(16-14-24)33(3,4)5)30(35)17-10-23-8-11-25(12-9-23)32(36)37/h8-17,19-22H,18H2,1-7H3,(H,36,37)/b17-10+. The third kappa shape index (κ3) is 5.32. The number of ketones is 1. The molecule has 4 rings (SSSR count). The van der Waals surface area contributed by atoms with Crippen LogP contribution in [0.2, 0.25) is 0 Å². The summed E-state index contributed by atoms with van der Waals surface area (Å²) >= 11 is 0. The molecule has 3 nitrogen and oxygen atoms in total. The molecule has 0 fully saturated rings. The van der Waals surface area contributed by atoms with Crippen molar-refractivity contribution in [2.75, 3.05) is 0 Å². The van der Waals surface area contributed by atoms with Crippen LogP contribution >= 0.6 is 0 Å². The number of carbonyl (C=O) groups is 2. The Balaban J connectivity index is 1.80. The predicted octanol–water partition coefficient (Wildman–Crippen LogP) is 8.67. The molecule has 37 heavy (non-hydrogen) atoms. The zero-order valence-corrected chi connectivity index (χ0v) is 23.1. The van der Waals surface area contributed by atoms with E-state index in [0.717, 1.165) is 23.1 Å². The lowest BCUT2D eigenvalue weighted by atomic mass is 9.61. The Morgan fingerprint density at radius 1 is 0.919 bits per heavy atom. The molecule has 0 spiro atoms. The first-order chi connectivity index (χ1) is 17.3. The largest absolute Gasteiger partial charge is 0.478 e. The molecular formula is C34H38O3. The minimum absolute atomic E-state index is 0.0107. The summed E-state index contributed by atoms with van der Waals surface area (Å²) in [5.74, 6) is -0.125. The molecule has 0 heterocycles. The van der Waals surface area contributed by atoms with Crippen LogP contribution < -0.4 is 0 Å². The van der Waals surface area contributed by atoms with E-state index in [1.165, 1.54) is 16.7 Å². The monoisotopic (exact) mass is 494 g/mol. The summed E-state index contributed by atoms with van der Waals surface area (Å²) in [6, 6.07) is 19.5. The maximum absolute atomic E-state index is 13.4. The normalized spacial score (nSPS) is 19.0. The number of carbonyl (C=O) groups excluding carboxylic acids is 1. The fourth-order valence-electron chi connectivity index (χ4n) is 5.50. The number of hydrogen-bond acceptors (Lipinski definition) is 2. The van der Waals surface area contributed by atoms with Crippen molar-refractivity contribution in [2.24, 2.45) is 5.92 Å². The number of benzene rings is 3. The Bertz CT molecular complexity index is 1350. The molecule has 192 valence electrons. The second-order valence-electron chi connectivity index (χ2n) is 12.2. The van der Waals surface area contributed by atoms with Gasteiger partial charge in [-0.2, -0.15) is 0 Å². The molecule has 3 aromatic rings. The highest BCUT2D eigenvalue weighted by Crippen LogP contribution is 2.50. The van der Waals surface area contributed by atoms with E-state index < -0.39 is 5.97 Å². The van der Waals surface area contributed by atoms with Gasteiger partial charge in [0.15, 0.2) is 5.78 Å². The number of carboxylic acid groups (broad SMARTS) is 1. The minimum atomic E-state index is -0.963. The molecule has 0 saturated carbocycles. The minimum Gasteiger partial charge on any atom is -0.478 e. The smallest absolute Gasteiger partial charge is 0.335 e. The highest BCUT2D eigenvalue weighted by molar-refractivity contribution is 6.08. The van der Waals surface area contributed by atoms with Crippen LogP contribution in [0.1, 0.15) is 104 Å². The van der Waals surface area contributed by atoms with Crippen molar-refractivity contribution in [3.63, 3.8) is 0 Å². The third-order valence-corrected chi connectivity index (χ3v) is 8.21. The quantitative estimate of drug-likeness (QED) is 0.285. The highest BCUT2D eigenvalue weighted by atomic mass is 16.4. The molecule has 0 amide bonds. The summed E-state index contributed by atoms with van der Waals surface area (Å²) in [6.07, 6.45) is 4.43. The van der Waals surface area contributed by atoms with Gasteiger partial charge < -0.3 is 5.11 Å². The fraction of sp³-hybridized carbons (Fsp3) is 0.353. The average molecular weight is 495 g/mol. The Hall–Kier alpha value is -3.46. The molecule has 0 aliphatic heterocycles. The Morgan fingerprint density at radius 2 is 1.54 bits per heavy atom. The summed E-state index contributed by atoms with van der Waals surface area (Å²) < 4.78 is 0. The Morgan fingerprint density at radius 3 is 2.11 bits per heavy atom. The van der Waals surface area contributed by atoms with Crippen molar-refractivity contribution in [2.45, 2.75) is 71.6 Å². The number of aromatic carboxylic acids is 1. The van der Waals surface area contributed by atoms with Gasteiger partial charge in [-0.05, 0) is 92.8 Å². The lowest BCUT2D eigenvalue weighted by Gasteiger charge is -2.43. The topological polar surface area (TPSA) is 54.4 Å². The SMILES string of the molecule is CC1CC(C)C(C)(C)c2c(-c3ccc(C(C)(C)C)cc3)cc(C(=O)/C=C/c3ccc(C(=O)O)cc3)cc21. The van der Waals surface area contributed by atoms with Crippen LogP contribution in [0.5, 0.6) is 0 Å². The van der Waals surface area contributed by atoms with Crippen LogP contribution in [-0.4, -0.2) is 16.9 Å². The summed E-state index contributed by atoms with van der Waals surface area (Å²) in [4.78, 5) is 24.5. The number of fused-ring (bicyclic) bond motifs is 1. The van der Waals surface area contributed by atoms with Crippen molar-refractivity contribution >= 4 is 17.8 Å². The van der Waals surface area contributed by atoms with Crippen molar-refractivity contribution in [3.8, 4) is 11.1 Å². The number of carboxylic acids is 1. The van der Waals surface area contributed by atoms with Gasteiger partial charge >= 0.3 is 5.97 Å². The van der Waals surface area contributed by atoms with E-state index in [-0.39, 0.29) is 22.2 Å². The van der Waals surface area contributed by atoms with Crippen molar-refractivity contribution < 1.29 is 14.7 Å². The maximum atomic E-state index is 13.4. The zero-order chi connectivity index (χ0) is 27.1. The molecule has 3 aromatic carbocycles. The number of rotatable bonds is 5. The first kappa shape index (κ1) is 26.6. The Kier molecular flexibility index (Phi) is 7.03. The van der Waals surface area contributed by atoms with Crippen molar-refractivity contribution in [1.29, 1.82) is 0 Å². The van der Waals surface area contributed by atoms with Crippen LogP contribution in [0, 0.1) is 5.92 Å². The van der Waals surface area contributed by atoms with E-state index in [0.29, 0.717) is 17.4 Å². The van der Waals surface area contributed by atoms with Gasteiger partial charge in [-0.25, -0.2) is 4.79 Å². The van der Waals surface area contributed by atoms with Gasteiger partial charge in [-0.3, -0.25) is 4.79 Å². The maximum Gasteiger partial charge on any atom is 0.335 e. The molecule has 0 bridgehead atoms. The second kappa shape index (κ2) is 9.78. The third-order valence-electron chi connectivity index (χ3n) is 8.21. The van der Waals surface area contributed by atoms with Crippen LogP contribution in [-0.2, 0) is 10.8 Å². The van der Waals surface area contributed by atoms with Gasteiger partial charge in [-0.15, -0.1) is 0 Å². The van der Waals surface area contributed by atoms with Crippen LogP contribution in [0.3, 0.4) is 0 Å². The van der Waals surface area contributed by atoms with Gasteiger partial charge in [0, 0.05) is 5.56 Å². The van der Waals surface area contributed by atoms with E-state index in [1.807, 2.05) is 0 Å². The van der Waals surface area contributed by atoms with E-state index >= 15 is 0 Å². The lowest BCUT2D eigenvalue weighted by Crippen LogP contribution is -2.34. The molecule has 3 heteroatoms. The van der Waals surface area contributed by atoms with Gasteiger partial charge in [0.25, 0.3) is 0 Å². The fourth-order valence-corrected chi connectivity index (χ4v) is 5.50. The first-order valence-corrected chi connectivity index (χ1v) is 13.1. The first-order valence-electron chi connectivity index (χ1n) is 13.1.